The molecule has 0 aliphatic heterocycles. The van der Waals surface area contributed by atoms with Gasteiger partial charge >= 0.3 is 0 Å². The van der Waals surface area contributed by atoms with Crippen molar-refractivity contribution in [1.82, 2.24) is 20.8 Å². The Labute approximate surface area is 191 Å². The zero-order valence-corrected chi connectivity index (χ0v) is 19.9. The van der Waals surface area contributed by atoms with E-state index in [0.717, 1.165) is 51.3 Å². The zero-order chi connectivity index (χ0) is 23.0. The second-order valence-corrected chi connectivity index (χ2v) is 9.66. The molecule has 0 atom stereocenters. The summed E-state index contributed by atoms with van der Waals surface area (Å²) in [5.74, 6) is 1.47. The van der Waals surface area contributed by atoms with Crippen molar-refractivity contribution in [3.05, 3.63) is 51.3 Å². The molecule has 0 bridgehead atoms. The van der Waals surface area contributed by atoms with Crippen LogP contribution >= 0.6 is 11.3 Å². The lowest BCUT2D eigenvalue weighted by Crippen LogP contribution is -2.43. The van der Waals surface area contributed by atoms with E-state index >= 15 is 0 Å². The Hall–Kier alpha value is -3.00. The number of hydrazine groups is 1. The maximum absolute atomic E-state index is 12.7. The SMILES string of the molecule is Cc1ccc(C(C)C)c(OCC(=O)NNC(=O)c2sc3nc(C4CC4)nc(C)c3c2C)c1. The van der Waals surface area contributed by atoms with Gasteiger partial charge in [-0.1, -0.05) is 26.0 Å². The summed E-state index contributed by atoms with van der Waals surface area (Å²) >= 11 is 1.33. The molecule has 0 saturated heterocycles. The third kappa shape index (κ3) is 4.60. The number of fused-ring (bicyclic) bond motifs is 1. The van der Waals surface area contributed by atoms with Crippen LogP contribution in [0.1, 0.15) is 76.4 Å². The number of benzene rings is 1. The van der Waals surface area contributed by atoms with Crippen molar-refractivity contribution in [2.24, 2.45) is 0 Å². The molecule has 1 saturated carbocycles. The molecular weight excluding hydrogens is 424 g/mol. The van der Waals surface area contributed by atoms with E-state index in [1.165, 1.54) is 11.3 Å². The van der Waals surface area contributed by atoms with Crippen LogP contribution in [0.25, 0.3) is 10.2 Å². The molecule has 0 unspecified atom stereocenters. The molecule has 2 heterocycles. The number of rotatable bonds is 6. The van der Waals surface area contributed by atoms with Crippen LogP contribution in [0.2, 0.25) is 0 Å². The lowest BCUT2D eigenvalue weighted by molar-refractivity contribution is -0.123. The molecule has 8 heteroatoms. The van der Waals surface area contributed by atoms with E-state index in [0.29, 0.717) is 16.5 Å². The van der Waals surface area contributed by atoms with Crippen LogP contribution < -0.4 is 15.6 Å². The molecule has 7 nitrogen and oxygen atoms in total. The van der Waals surface area contributed by atoms with Gasteiger partial charge in [-0.3, -0.25) is 20.4 Å². The highest BCUT2D eigenvalue weighted by atomic mass is 32.1. The minimum Gasteiger partial charge on any atom is -0.483 e. The van der Waals surface area contributed by atoms with E-state index < -0.39 is 5.91 Å². The molecule has 1 aliphatic rings. The van der Waals surface area contributed by atoms with Crippen molar-refractivity contribution >= 4 is 33.4 Å². The molecule has 0 radical (unpaired) electrons. The molecule has 2 N–H and O–H groups in total. The molecule has 2 amide bonds. The van der Waals surface area contributed by atoms with Crippen LogP contribution in [0.15, 0.2) is 18.2 Å². The van der Waals surface area contributed by atoms with Gasteiger partial charge < -0.3 is 4.74 Å². The minimum atomic E-state index is -0.430. The van der Waals surface area contributed by atoms with Crippen molar-refractivity contribution < 1.29 is 14.3 Å². The molecular formula is C24H28N4O3S. The molecule has 3 aromatic rings. The van der Waals surface area contributed by atoms with Gasteiger partial charge in [0.15, 0.2) is 6.61 Å². The van der Waals surface area contributed by atoms with Crippen LogP contribution in [0, 0.1) is 20.8 Å². The average molecular weight is 453 g/mol. The summed E-state index contributed by atoms with van der Waals surface area (Å²) in [6, 6.07) is 5.95. The van der Waals surface area contributed by atoms with Gasteiger partial charge in [0.1, 0.15) is 16.4 Å². The largest absolute Gasteiger partial charge is 0.483 e. The summed E-state index contributed by atoms with van der Waals surface area (Å²) in [6.07, 6.45) is 2.25. The Morgan fingerprint density at radius 1 is 1.16 bits per heavy atom. The molecule has 168 valence electrons. The maximum atomic E-state index is 12.7. The molecule has 1 aromatic carbocycles. The summed E-state index contributed by atoms with van der Waals surface area (Å²) in [5.41, 5.74) is 8.76. The smallest absolute Gasteiger partial charge is 0.280 e. The first kappa shape index (κ1) is 22.2. The fraction of sp³-hybridized carbons (Fsp3) is 0.417. The number of amides is 2. The van der Waals surface area contributed by atoms with Gasteiger partial charge in [0, 0.05) is 11.3 Å². The van der Waals surface area contributed by atoms with Crippen molar-refractivity contribution in [3.8, 4) is 5.75 Å². The number of carbonyl (C=O) groups is 2. The molecule has 0 spiro atoms. The highest BCUT2D eigenvalue weighted by molar-refractivity contribution is 7.20. The second kappa shape index (κ2) is 8.86. The van der Waals surface area contributed by atoms with Crippen LogP contribution in [0.4, 0.5) is 0 Å². The van der Waals surface area contributed by atoms with Crippen molar-refractivity contribution in [1.29, 1.82) is 0 Å². The summed E-state index contributed by atoms with van der Waals surface area (Å²) < 4.78 is 5.73. The van der Waals surface area contributed by atoms with E-state index in [1.54, 1.807) is 0 Å². The first-order valence-corrected chi connectivity index (χ1v) is 11.7. The van der Waals surface area contributed by atoms with Crippen molar-refractivity contribution in [3.63, 3.8) is 0 Å². The Morgan fingerprint density at radius 3 is 2.59 bits per heavy atom. The number of hydrogen-bond donors (Lipinski definition) is 2. The van der Waals surface area contributed by atoms with E-state index in [1.807, 2.05) is 39.0 Å². The van der Waals surface area contributed by atoms with Crippen LogP contribution in [0.5, 0.6) is 5.75 Å². The Balaban J connectivity index is 1.40. The quantitative estimate of drug-likeness (QED) is 0.539. The van der Waals surface area contributed by atoms with Crippen molar-refractivity contribution in [2.75, 3.05) is 6.61 Å². The Kier molecular flexibility index (Phi) is 6.15. The normalized spacial score (nSPS) is 13.4. The monoisotopic (exact) mass is 452 g/mol. The summed E-state index contributed by atoms with van der Waals surface area (Å²) in [6.45, 7) is 9.77. The standard InChI is InChI=1S/C24H28N4O3S/c1-12(2)17-9-6-13(3)10-18(17)31-11-19(29)27-28-23(30)21-14(4)20-15(5)25-22(16-7-8-16)26-24(20)32-21/h6,9-10,12,16H,7-8,11H2,1-5H3,(H,27,29)(H,28,30). The number of nitrogens with one attached hydrogen (secondary N) is 2. The number of nitrogens with zero attached hydrogens (tertiary/aromatic N) is 2. The fourth-order valence-electron chi connectivity index (χ4n) is 3.71. The number of ether oxygens (including phenoxy) is 1. The lowest BCUT2D eigenvalue weighted by atomic mass is 10.0. The highest BCUT2D eigenvalue weighted by Crippen LogP contribution is 2.40. The lowest BCUT2D eigenvalue weighted by Gasteiger charge is -2.15. The molecule has 2 aromatic heterocycles. The summed E-state index contributed by atoms with van der Waals surface area (Å²) in [7, 11) is 0. The predicted molar refractivity (Wildman–Crippen MR) is 125 cm³/mol. The number of hydrogen-bond acceptors (Lipinski definition) is 6. The Morgan fingerprint density at radius 2 is 1.91 bits per heavy atom. The number of carbonyl (C=O) groups excluding carboxylic acids is 2. The van der Waals surface area contributed by atoms with E-state index in [4.69, 9.17) is 4.74 Å². The van der Waals surface area contributed by atoms with Crippen LogP contribution in [-0.2, 0) is 4.79 Å². The van der Waals surface area contributed by atoms with E-state index in [-0.39, 0.29) is 18.4 Å². The third-order valence-corrected chi connectivity index (χ3v) is 6.79. The number of thiophene rings is 1. The van der Waals surface area contributed by atoms with Gasteiger partial charge in [0.25, 0.3) is 11.8 Å². The van der Waals surface area contributed by atoms with E-state index in [2.05, 4.69) is 34.7 Å². The zero-order valence-electron chi connectivity index (χ0n) is 19.0. The fourth-order valence-corrected chi connectivity index (χ4v) is 4.84. The first-order valence-electron chi connectivity index (χ1n) is 10.8. The highest BCUT2D eigenvalue weighted by Gasteiger charge is 2.28. The van der Waals surface area contributed by atoms with Gasteiger partial charge in [0.2, 0.25) is 0 Å². The molecule has 1 aliphatic carbocycles. The predicted octanol–water partition coefficient (Wildman–Crippen LogP) is 4.46. The van der Waals surface area contributed by atoms with Crippen LogP contribution in [-0.4, -0.2) is 28.4 Å². The maximum Gasteiger partial charge on any atom is 0.280 e. The van der Waals surface area contributed by atoms with Gasteiger partial charge in [0.05, 0.1) is 10.6 Å². The van der Waals surface area contributed by atoms with Gasteiger partial charge in [-0.25, -0.2) is 9.97 Å². The molecule has 1 fully saturated rings. The van der Waals surface area contributed by atoms with Gasteiger partial charge in [-0.15, -0.1) is 11.3 Å². The topological polar surface area (TPSA) is 93.2 Å². The van der Waals surface area contributed by atoms with Gasteiger partial charge in [-0.05, 0) is 62.3 Å². The number of aromatic nitrogens is 2. The Bertz CT molecular complexity index is 1200. The minimum absolute atomic E-state index is 0.190. The third-order valence-electron chi connectivity index (χ3n) is 5.60. The summed E-state index contributed by atoms with van der Waals surface area (Å²) in [5, 5.41) is 0.917. The molecule has 4 rings (SSSR count). The van der Waals surface area contributed by atoms with Crippen LogP contribution in [0.3, 0.4) is 0 Å². The van der Waals surface area contributed by atoms with Gasteiger partial charge in [-0.2, -0.15) is 0 Å². The van der Waals surface area contributed by atoms with Crippen molar-refractivity contribution in [2.45, 2.75) is 59.3 Å². The summed E-state index contributed by atoms with van der Waals surface area (Å²) in [4.78, 5) is 35.7. The first-order chi connectivity index (χ1) is 15.2. The average Bonchev–Trinajstić information content (AvgIpc) is 3.54. The molecule has 32 heavy (non-hydrogen) atoms. The second-order valence-electron chi connectivity index (χ2n) is 8.66. The van der Waals surface area contributed by atoms with E-state index in [9.17, 15) is 9.59 Å². The number of aryl methyl sites for hydroxylation is 3.